The van der Waals surface area contributed by atoms with E-state index in [4.69, 9.17) is 9.26 Å². The number of hydrogen-bond donors (Lipinski definition) is 0. The Morgan fingerprint density at radius 3 is 2.77 bits per heavy atom. The zero-order valence-electron chi connectivity index (χ0n) is 17.5. The lowest BCUT2D eigenvalue weighted by molar-refractivity contribution is -0.135. The molecule has 1 aromatic heterocycles. The van der Waals surface area contributed by atoms with Crippen molar-refractivity contribution in [2.75, 3.05) is 19.7 Å². The number of nitrogens with zero attached hydrogens (tertiary/aromatic N) is 3. The molecule has 0 radical (unpaired) electrons. The number of rotatable bonds is 6. The van der Waals surface area contributed by atoms with Gasteiger partial charge in [0.25, 0.3) is 5.91 Å². The zero-order chi connectivity index (χ0) is 20.9. The molecule has 1 fully saturated rings. The topological polar surface area (TPSA) is 68.5 Å². The number of aryl methyl sites for hydroxylation is 2. The van der Waals surface area contributed by atoms with Crippen molar-refractivity contribution in [1.29, 1.82) is 0 Å². The number of amides is 1. The Kier molecular flexibility index (Phi) is 6.12. The Bertz CT molecular complexity index is 997. The van der Waals surface area contributed by atoms with Crippen molar-refractivity contribution >= 4 is 5.91 Å². The fourth-order valence-corrected chi connectivity index (χ4v) is 3.85. The molecule has 1 saturated heterocycles. The molecule has 6 heteroatoms. The van der Waals surface area contributed by atoms with E-state index in [1.807, 2.05) is 67.3 Å². The van der Waals surface area contributed by atoms with Gasteiger partial charge in [0.05, 0.1) is 0 Å². The first-order valence-corrected chi connectivity index (χ1v) is 10.4. The van der Waals surface area contributed by atoms with Gasteiger partial charge in [-0.3, -0.25) is 4.79 Å². The predicted octanol–water partition coefficient (Wildman–Crippen LogP) is 4.21. The third-order valence-corrected chi connectivity index (χ3v) is 5.57. The van der Waals surface area contributed by atoms with Crippen LogP contribution in [0.3, 0.4) is 0 Å². The monoisotopic (exact) mass is 405 g/mol. The van der Waals surface area contributed by atoms with Crippen LogP contribution in [0.25, 0.3) is 11.4 Å². The fourth-order valence-electron chi connectivity index (χ4n) is 3.85. The van der Waals surface area contributed by atoms with Gasteiger partial charge in [-0.05, 0) is 50.3 Å². The molecule has 156 valence electrons. The quantitative estimate of drug-likeness (QED) is 0.614. The molecular formula is C24H27N3O3. The first-order chi connectivity index (χ1) is 14.6. The highest BCUT2D eigenvalue weighted by Crippen LogP contribution is 2.24. The number of likely N-dealkylation sites (tertiary alicyclic amines) is 1. The summed E-state index contributed by atoms with van der Waals surface area (Å²) in [6.45, 7) is 5.58. The highest BCUT2D eigenvalue weighted by atomic mass is 16.5. The normalized spacial score (nSPS) is 16.5. The second-order valence-electron chi connectivity index (χ2n) is 7.98. The lowest BCUT2D eigenvalue weighted by Gasteiger charge is -2.32. The van der Waals surface area contributed by atoms with Crippen LogP contribution in [0, 0.1) is 19.8 Å². The predicted molar refractivity (Wildman–Crippen MR) is 114 cm³/mol. The summed E-state index contributed by atoms with van der Waals surface area (Å²) in [6.07, 6.45) is 2.70. The minimum Gasteiger partial charge on any atom is -0.484 e. The molecule has 1 amide bonds. The average molecular weight is 405 g/mol. The molecule has 30 heavy (non-hydrogen) atoms. The third kappa shape index (κ3) is 4.87. The van der Waals surface area contributed by atoms with Gasteiger partial charge in [0.1, 0.15) is 5.75 Å². The van der Waals surface area contributed by atoms with E-state index in [2.05, 4.69) is 10.1 Å². The SMILES string of the molecule is Cc1ccc(OCC(=O)N2CCCC(Cc3nc(-c4ccccc4C)no3)C2)cc1. The van der Waals surface area contributed by atoms with E-state index in [1.54, 1.807) is 0 Å². The van der Waals surface area contributed by atoms with E-state index >= 15 is 0 Å². The molecule has 0 bridgehead atoms. The van der Waals surface area contributed by atoms with Crippen LogP contribution in [0.15, 0.2) is 53.1 Å². The molecule has 0 saturated carbocycles. The van der Waals surface area contributed by atoms with Crippen molar-refractivity contribution in [2.45, 2.75) is 33.1 Å². The maximum absolute atomic E-state index is 12.6. The molecular weight excluding hydrogens is 378 g/mol. The van der Waals surface area contributed by atoms with Crippen molar-refractivity contribution in [3.8, 4) is 17.1 Å². The summed E-state index contributed by atoms with van der Waals surface area (Å²) in [4.78, 5) is 19.1. The van der Waals surface area contributed by atoms with Gasteiger partial charge in [0.15, 0.2) is 6.61 Å². The van der Waals surface area contributed by atoms with Crippen molar-refractivity contribution in [2.24, 2.45) is 5.92 Å². The molecule has 3 aromatic rings. The molecule has 1 aliphatic heterocycles. The number of benzene rings is 2. The molecule has 2 aromatic carbocycles. The first kappa shape index (κ1) is 20.1. The zero-order valence-corrected chi connectivity index (χ0v) is 17.5. The Hall–Kier alpha value is -3.15. The van der Waals surface area contributed by atoms with Crippen LogP contribution in [-0.2, 0) is 11.2 Å². The van der Waals surface area contributed by atoms with E-state index in [1.165, 1.54) is 5.56 Å². The van der Waals surface area contributed by atoms with Crippen LogP contribution in [0.1, 0.15) is 29.9 Å². The van der Waals surface area contributed by atoms with Crippen LogP contribution >= 0.6 is 0 Å². The van der Waals surface area contributed by atoms with Crippen LogP contribution in [-0.4, -0.2) is 40.6 Å². The van der Waals surface area contributed by atoms with E-state index < -0.39 is 0 Å². The lowest BCUT2D eigenvalue weighted by Crippen LogP contribution is -2.42. The first-order valence-electron chi connectivity index (χ1n) is 10.4. The third-order valence-electron chi connectivity index (χ3n) is 5.57. The number of hydrogen-bond acceptors (Lipinski definition) is 5. The summed E-state index contributed by atoms with van der Waals surface area (Å²) in [5, 5.41) is 4.15. The molecule has 0 N–H and O–H groups in total. The van der Waals surface area contributed by atoms with E-state index in [9.17, 15) is 4.79 Å². The summed E-state index contributed by atoms with van der Waals surface area (Å²) in [7, 11) is 0. The molecule has 1 unspecified atom stereocenters. The highest BCUT2D eigenvalue weighted by molar-refractivity contribution is 5.77. The van der Waals surface area contributed by atoms with Crippen molar-refractivity contribution in [3.05, 3.63) is 65.5 Å². The van der Waals surface area contributed by atoms with E-state index in [0.717, 1.165) is 36.3 Å². The summed E-state index contributed by atoms with van der Waals surface area (Å²) in [5.41, 5.74) is 3.27. The maximum atomic E-state index is 12.6. The number of aromatic nitrogens is 2. The summed E-state index contributed by atoms with van der Waals surface area (Å²) in [6, 6.07) is 15.7. The van der Waals surface area contributed by atoms with Gasteiger partial charge >= 0.3 is 0 Å². The van der Waals surface area contributed by atoms with Gasteiger partial charge in [0, 0.05) is 25.1 Å². The number of carbonyl (C=O) groups is 1. The van der Waals surface area contributed by atoms with E-state index in [0.29, 0.717) is 30.6 Å². The molecule has 0 spiro atoms. The molecule has 1 aliphatic rings. The highest BCUT2D eigenvalue weighted by Gasteiger charge is 2.26. The van der Waals surface area contributed by atoms with Crippen LogP contribution in [0.5, 0.6) is 5.75 Å². The molecule has 2 heterocycles. The summed E-state index contributed by atoms with van der Waals surface area (Å²) in [5.74, 6) is 2.30. The van der Waals surface area contributed by atoms with Gasteiger partial charge in [-0.25, -0.2) is 0 Å². The number of piperidine rings is 1. The molecule has 4 rings (SSSR count). The average Bonchev–Trinajstić information content (AvgIpc) is 3.22. The molecule has 6 nitrogen and oxygen atoms in total. The lowest BCUT2D eigenvalue weighted by atomic mass is 9.94. The largest absolute Gasteiger partial charge is 0.484 e. The smallest absolute Gasteiger partial charge is 0.260 e. The second kappa shape index (κ2) is 9.11. The number of ether oxygens (including phenoxy) is 1. The second-order valence-corrected chi connectivity index (χ2v) is 7.98. The Labute approximate surface area is 176 Å². The molecule has 0 aliphatic carbocycles. The Balaban J connectivity index is 1.32. The summed E-state index contributed by atoms with van der Waals surface area (Å²) >= 11 is 0. The van der Waals surface area contributed by atoms with Crippen LogP contribution in [0.2, 0.25) is 0 Å². The van der Waals surface area contributed by atoms with Gasteiger partial charge in [-0.2, -0.15) is 4.98 Å². The Morgan fingerprint density at radius 1 is 1.17 bits per heavy atom. The standard InChI is InChI=1S/C24H27N3O3/c1-17-9-11-20(12-10-17)29-16-23(28)27-13-5-7-19(15-27)14-22-25-24(26-30-22)21-8-4-3-6-18(21)2/h3-4,6,8-12,19H,5,7,13-16H2,1-2H3. The summed E-state index contributed by atoms with van der Waals surface area (Å²) < 4.78 is 11.2. The van der Waals surface area contributed by atoms with Crippen molar-refractivity contribution < 1.29 is 14.1 Å². The van der Waals surface area contributed by atoms with Crippen molar-refractivity contribution in [1.82, 2.24) is 15.0 Å². The van der Waals surface area contributed by atoms with Crippen LogP contribution in [0.4, 0.5) is 0 Å². The maximum Gasteiger partial charge on any atom is 0.260 e. The Morgan fingerprint density at radius 2 is 1.97 bits per heavy atom. The fraction of sp³-hybridized carbons (Fsp3) is 0.375. The van der Waals surface area contributed by atoms with Crippen LogP contribution < -0.4 is 4.74 Å². The van der Waals surface area contributed by atoms with Gasteiger partial charge in [-0.1, -0.05) is 47.1 Å². The number of carbonyl (C=O) groups excluding carboxylic acids is 1. The minimum atomic E-state index is 0.0198. The van der Waals surface area contributed by atoms with Crippen molar-refractivity contribution in [3.63, 3.8) is 0 Å². The molecule has 1 atom stereocenters. The van der Waals surface area contributed by atoms with E-state index in [-0.39, 0.29) is 12.5 Å². The van der Waals surface area contributed by atoms with Gasteiger partial charge < -0.3 is 14.2 Å². The minimum absolute atomic E-state index is 0.0198. The van der Waals surface area contributed by atoms with Gasteiger partial charge in [0.2, 0.25) is 11.7 Å². The van der Waals surface area contributed by atoms with Gasteiger partial charge in [-0.15, -0.1) is 0 Å².